The van der Waals surface area contributed by atoms with Crippen LogP contribution in [0.25, 0.3) is 55.0 Å². The van der Waals surface area contributed by atoms with Crippen LogP contribution in [-0.4, -0.2) is 5.71 Å². The minimum absolute atomic E-state index is 0.167. The van der Waals surface area contributed by atoms with E-state index in [0.29, 0.717) is 12.0 Å². The molecule has 0 radical (unpaired) electrons. The van der Waals surface area contributed by atoms with E-state index in [0.717, 1.165) is 66.7 Å². The van der Waals surface area contributed by atoms with Crippen LogP contribution in [0.1, 0.15) is 43.0 Å². The highest BCUT2D eigenvalue weighted by molar-refractivity contribution is 6.28. The van der Waals surface area contributed by atoms with Crippen molar-refractivity contribution in [2.45, 2.75) is 25.7 Å². The zero-order valence-electron chi connectivity index (χ0n) is 34.8. The van der Waals surface area contributed by atoms with Gasteiger partial charge in [-0.2, -0.15) is 0 Å². The highest BCUT2D eigenvalue weighted by atomic mass is 16.3. The maximum absolute atomic E-state index is 8.67. The Balaban J connectivity index is 1.17. The minimum atomic E-state index is -0.410. The minimum Gasteiger partial charge on any atom is -0.454 e. The van der Waals surface area contributed by atoms with Crippen molar-refractivity contribution in [3.63, 3.8) is 0 Å². The maximum Gasteiger partial charge on any atom is 0.160 e. The molecule has 3 heteroatoms. The van der Waals surface area contributed by atoms with Gasteiger partial charge in [-0.1, -0.05) is 141 Å². The highest BCUT2D eigenvalue weighted by Gasteiger charge is 2.36. The second-order valence-corrected chi connectivity index (χ2v) is 14.7. The summed E-state index contributed by atoms with van der Waals surface area (Å²) in [5.74, 6) is 0. The summed E-state index contributed by atoms with van der Waals surface area (Å²) in [7, 11) is 0. The van der Waals surface area contributed by atoms with Crippen LogP contribution >= 0.6 is 0 Å². The molecule has 1 aliphatic heterocycles. The molecule has 2 heterocycles. The number of benzene rings is 8. The molecule has 0 saturated carbocycles. The number of furan rings is 1. The quantitative estimate of drug-likeness (QED) is 0.179. The topological polar surface area (TPSA) is 28.7 Å². The normalized spacial score (nSPS) is 15.2. The van der Waals surface area contributed by atoms with E-state index in [1.807, 2.05) is 30.3 Å². The van der Waals surface area contributed by atoms with Gasteiger partial charge in [0.1, 0.15) is 5.58 Å². The van der Waals surface area contributed by atoms with Gasteiger partial charge in [0.05, 0.1) is 23.9 Å². The number of nitrogens with zero attached hydrogens (tertiary/aromatic N) is 2. The number of para-hydroxylation sites is 1. The standard InChI is InChI=1S/C51H36N2O/c1-51(2)42-18-10-9-17-39(42)40-26-25-37(31-43(40)51)53(36-23-20-33(21-24-36)32-12-4-3-5-13-32)46-28-27-41(45-30-35-15-7-11-19-44(35)52-45)49-48-38-16-8-6-14-34(38)22-29-47(48)54-50(46)49/h3-29,31H,30H2,1-2H3/i3D,4D,5D,12D,13D. The van der Waals surface area contributed by atoms with Crippen LogP contribution in [0.5, 0.6) is 0 Å². The molecule has 2 aliphatic rings. The number of hydrogen-bond donors (Lipinski definition) is 0. The number of rotatable bonds is 5. The lowest BCUT2D eigenvalue weighted by molar-refractivity contribution is 0.660. The molecule has 1 aromatic heterocycles. The summed E-state index contributed by atoms with van der Waals surface area (Å²) in [6, 6.07) is 46.5. The van der Waals surface area contributed by atoms with E-state index in [9.17, 15) is 0 Å². The maximum atomic E-state index is 8.67. The molecule has 3 nitrogen and oxygen atoms in total. The van der Waals surface area contributed by atoms with Crippen molar-refractivity contribution in [3.05, 3.63) is 192 Å². The molecule has 8 aromatic carbocycles. The Morgan fingerprint density at radius 1 is 0.630 bits per heavy atom. The van der Waals surface area contributed by atoms with Crippen LogP contribution in [0, 0.1) is 0 Å². The lowest BCUT2D eigenvalue weighted by Gasteiger charge is -2.28. The zero-order chi connectivity index (χ0) is 40.3. The molecule has 0 unspecified atom stereocenters. The summed E-state index contributed by atoms with van der Waals surface area (Å²) in [6.45, 7) is 4.55. The summed E-state index contributed by atoms with van der Waals surface area (Å²) in [5.41, 5.74) is 13.7. The van der Waals surface area contributed by atoms with E-state index in [2.05, 4.69) is 128 Å². The third kappa shape index (κ3) is 4.58. The average Bonchev–Trinajstić information content (AvgIpc) is 3.94. The van der Waals surface area contributed by atoms with Gasteiger partial charge in [-0.15, -0.1) is 0 Å². The van der Waals surface area contributed by atoms with Crippen LogP contribution in [0.15, 0.2) is 179 Å². The van der Waals surface area contributed by atoms with Gasteiger partial charge in [0.15, 0.2) is 5.58 Å². The van der Waals surface area contributed by atoms with Gasteiger partial charge < -0.3 is 9.32 Å². The van der Waals surface area contributed by atoms with Gasteiger partial charge in [-0.25, -0.2) is 0 Å². The summed E-state index contributed by atoms with van der Waals surface area (Å²) in [4.78, 5) is 7.38. The van der Waals surface area contributed by atoms with Gasteiger partial charge >= 0.3 is 0 Å². The summed E-state index contributed by atoms with van der Waals surface area (Å²) in [5, 5.41) is 4.26. The van der Waals surface area contributed by atoms with E-state index in [4.69, 9.17) is 16.3 Å². The third-order valence-corrected chi connectivity index (χ3v) is 11.4. The Hall–Kier alpha value is -6.71. The molecule has 0 spiro atoms. The fourth-order valence-electron chi connectivity index (χ4n) is 8.76. The predicted octanol–water partition coefficient (Wildman–Crippen LogP) is 13.9. The Labute approximate surface area is 321 Å². The third-order valence-electron chi connectivity index (χ3n) is 11.4. The van der Waals surface area contributed by atoms with E-state index >= 15 is 0 Å². The van der Waals surface area contributed by atoms with Gasteiger partial charge in [0.25, 0.3) is 0 Å². The molecule has 0 amide bonds. The first kappa shape index (κ1) is 26.1. The lowest BCUT2D eigenvalue weighted by Crippen LogP contribution is -2.16. The highest BCUT2D eigenvalue weighted by Crippen LogP contribution is 2.52. The summed E-state index contributed by atoms with van der Waals surface area (Å²) < 4.78 is 49.1. The first-order chi connectivity index (χ1) is 28.6. The van der Waals surface area contributed by atoms with Crippen molar-refractivity contribution < 1.29 is 11.3 Å². The lowest BCUT2D eigenvalue weighted by atomic mass is 9.82. The van der Waals surface area contributed by atoms with Crippen molar-refractivity contribution in [3.8, 4) is 22.3 Å². The van der Waals surface area contributed by atoms with E-state index < -0.39 is 6.04 Å². The molecular formula is C51H36N2O. The van der Waals surface area contributed by atoms with Crippen molar-refractivity contribution >= 4 is 61.2 Å². The molecular weight excluding hydrogens is 657 g/mol. The smallest absolute Gasteiger partial charge is 0.160 e. The van der Waals surface area contributed by atoms with Gasteiger partial charge in [-0.05, 0) is 92.2 Å². The van der Waals surface area contributed by atoms with E-state index in [1.165, 1.54) is 27.8 Å². The van der Waals surface area contributed by atoms with Gasteiger partial charge in [-0.3, -0.25) is 4.99 Å². The number of aliphatic imine (C=N–C) groups is 1. The molecule has 0 fully saturated rings. The number of anilines is 3. The largest absolute Gasteiger partial charge is 0.454 e. The molecule has 0 bridgehead atoms. The molecule has 0 saturated heterocycles. The second kappa shape index (κ2) is 11.6. The molecule has 0 atom stereocenters. The first-order valence-corrected chi connectivity index (χ1v) is 18.3. The van der Waals surface area contributed by atoms with Gasteiger partial charge in [0.2, 0.25) is 0 Å². The Bertz CT molecular complexity index is 3260. The average molecular weight is 698 g/mol. The number of hydrogen-bond acceptors (Lipinski definition) is 3. The Morgan fingerprint density at radius 2 is 1.37 bits per heavy atom. The predicted molar refractivity (Wildman–Crippen MR) is 225 cm³/mol. The monoisotopic (exact) mass is 697 g/mol. The number of fused-ring (bicyclic) bond motifs is 9. The molecule has 256 valence electrons. The van der Waals surface area contributed by atoms with Crippen molar-refractivity contribution in [2.75, 3.05) is 4.90 Å². The van der Waals surface area contributed by atoms with Crippen molar-refractivity contribution in [1.82, 2.24) is 0 Å². The van der Waals surface area contributed by atoms with Crippen molar-refractivity contribution in [1.29, 1.82) is 0 Å². The van der Waals surface area contributed by atoms with E-state index in [-0.39, 0.29) is 35.1 Å². The van der Waals surface area contributed by atoms with Crippen LogP contribution < -0.4 is 4.90 Å². The van der Waals surface area contributed by atoms with Crippen LogP contribution in [0.3, 0.4) is 0 Å². The summed E-state index contributed by atoms with van der Waals surface area (Å²) in [6.07, 6.45) is 0.713. The van der Waals surface area contributed by atoms with Crippen molar-refractivity contribution in [2.24, 2.45) is 4.99 Å². The first-order valence-electron chi connectivity index (χ1n) is 20.8. The Kier molecular flexibility index (Phi) is 5.63. The molecule has 9 aromatic rings. The van der Waals surface area contributed by atoms with Crippen LogP contribution in [-0.2, 0) is 11.8 Å². The van der Waals surface area contributed by atoms with Crippen LogP contribution in [0.4, 0.5) is 22.7 Å². The van der Waals surface area contributed by atoms with E-state index in [1.54, 1.807) is 0 Å². The SMILES string of the molecule is [2H]c1c([2H])c([2H])c(-c2ccc(N(c3ccc4c(c3)C(C)(C)c3ccccc3-4)c3ccc(C4=Nc5ccccc5C4)c4c3oc3ccc5ccccc5c34)cc2)c([2H])c1[2H]. The molecule has 54 heavy (non-hydrogen) atoms. The summed E-state index contributed by atoms with van der Waals surface area (Å²) >= 11 is 0. The fraction of sp³-hybridized carbons (Fsp3) is 0.0784. The van der Waals surface area contributed by atoms with Gasteiger partial charge in [0, 0.05) is 39.5 Å². The zero-order valence-corrected chi connectivity index (χ0v) is 29.8. The van der Waals surface area contributed by atoms with Crippen LogP contribution in [0.2, 0.25) is 0 Å². The fourth-order valence-corrected chi connectivity index (χ4v) is 8.76. The molecule has 1 aliphatic carbocycles. The molecule has 0 N–H and O–H groups in total. The molecule has 11 rings (SSSR count). The Morgan fingerprint density at radius 3 is 2.24 bits per heavy atom. The second-order valence-electron chi connectivity index (χ2n) is 14.7.